The number of aliphatic imine (C=N–C) groups is 1. The molecule has 0 bridgehead atoms. The van der Waals surface area contributed by atoms with Gasteiger partial charge in [0, 0.05) is 17.8 Å². The quantitative estimate of drug-likeness (QED) is 0.462. The van der Waals surface area contributed by atoms with Gasteiger partial charge in [0.25, 0.3) is 0 Å². The second kappa shape index (κ2) is 9.18. The second-order valence-corrected chi connectivity index (χ2v) is 10.6. The number of nitrogens with zero attached hydrogens (tertiary/aromatic N) is 4. The molecule has 0 unspecified atom stereocenters. The molecule has 5 rings (SSSR count). The number of hydrogen-bond acceptors (Lipinski definition) is 3. The summed E-state index contributed by atoms with van der Waals surface area (Å²) >= 11 is 0. The second-order valence-electron chi connectivity index (χ2n) is 10.6. The maximum atomic E-state index is 13.8. The Balaban J connectivity index is 1.45. The summed E-state index contributed by atoms with van der Waals surface area (Å²) in [5.74, 6) is 0.659. The highest BCUT2D eigenvalue weighted by molar-refractivity contribution is 5.95. The highest BCUT2D eigenvalue weighted by atomic mass is 16.2. The highest BCUT2D eigenvalue weighted by Gasteiger charge is 2.55. The van der Waals surface area contributed by atoms with Crippen LogP contribution in [0.2, 0.25) is 0 Å². The van der Waals surface area contributed by atoms with Gasteiger partial charge in [-0.2, -0.15) is 0 Å². The minimum Gasteiger partial charge on any atom is -0.317 e. The minimum atomic E-state index is -0.0884. The fourth-order valence-electron chi connectivity index (χ4n) is 6.44. The van der Waals surface area contributed by atoms with Gasteiger partial charge in [-0.3, -0.25) is 14.8 Å². The molecule has 0 N–H and O–H groups in total. The first kappa shape index (κ1) is 23.1. The lowest BCUT2D eigenvalue weighted by Gasteiger charge is -2.52. The molecule has 2 aliphatic carbocycles. The van der Waals surface area contributed by atoms with Gasteiger partial charge in [-0.25, -0.2) is 4.79 Å². The van der Waals surface area contributed by atoms with Crippen LogP contribution in [0.1, 0.15) is 57.4 Å². The summed E-state index contributed by atoms with van der Waals surface area (Å²) < 4.78 is 0. The van der Waals surface area contributed by atoms with Crippen LogP contribution in [-0.4, -0.2) is 54.8 Å². The highest BCUT2D eigenvalue weighted by Crippen LogP contribution is 2.50. The Labute approximate surface area is 204 Å². The van der Waals surface area contributed by atoms with Crippen molar-refractivity contribution in [2.75, 3.05) is 31.6 Å². The van der Waals surface area contributed by atoms with E-state index in [2.05, 4.69) is 65.8 Å². The van der Waals surface area contributed by atoms with E-state index in [9.17, 15) is 4.79 Å². The van der Waals surface area contributed by atoms with Crippen LogP contribution in [0.25, 0.3) is 0 Å². The molecule has 5 heteroatoms. The fourth-order valence-corrected chi connectivity index (χ4v) is 6.44. The van der Waals surface area contributed by atoms with Crippen LogP contribution in [0.15, 0.2) is 59.6 Å². The van der Waals surface area contributed by atoms with E-state index in [1.54, 1.807) is 0 Å². The molecule has 2 aromatic rings. The first-order chi connectivity index (χ1) is 16.5. The Hall–Kier alpha value is -2.66. The summed E-state index contributed by atoms with van der Waals surface area (Å²) in [6, 6.07) is 19.1. The first-order valence-corrected chi connectivity index (χ1v) is 12.9. The van der Waals surface area contributed by atoms with Crippen LogP contribution in [0.4, 0.5) is 16.2 Å². The number of urea groups is 1. The van der Waals surface area contributed by atoms with Crippen LogP contribution < -0.4 is 4.90 Å². The number of rotatable bonds is 7. The summed E-state index contributed by atoms with van der Waals surface area (Å²) in [6.45, 7) is 8.57. The van der Waals surface area contributed by atoms with Crippen LogP contribution >= 0.6 is 0 Å². The lowest BCUT2D eigenvalue weighted by Crippen LogP contribution is -2.57. The molecule has 34 heavy (non-hydrogen) atoms. The molecule has 1 saturated heterocycles. The van der Waals surface area contributed by atoms with E-state index in [0.29, 0.717) is 5.92 Å². The van der Waals surface area contributed by atoms with Gasteiger partial charge in [-0.1, -0.05) is 43.7 Å². The van der Waals surface area contributed by atoms with Crippen molar-refractivity contribution in [1.29, 1.82) is 0 Å². The molecule has 3 aliphatic rings. The minimum absolute atomic E-state index is 0.0388. The summed E-state index contributed by atoms with van der Waals surface area (Å²) in [4.78, 5) is 24.7. The summed E-state index contributed by atoms with van der Waals surface area (Å²) in [5, 5.41) is 0. The predicted octanol–water partition coefficient (Wildman–Crippen LogP) is 6.22. The molecule has 0 atom stereocenters. The Morgan fingerprint density at radius 2 is 1.71 bits per heavy atom. The average molecular weight is 459 g/mol. The van der Waals surface area contributed by atoms with E-state index in [0.717, 1.165) is 56.7 Å². The van der Waals surface area contributed by atoms with Crippen molar-refractivity contribution in [3.63, 3.8) is 0 Å². The van der Waals surface area contributed by atoms with Gasteiger partial charge < -0.3 is 4.90 Å². The molecule has 0 radical (unpaired) electrons. The van der Waals surface area contributed by atoms with E-state index >= 15 is 0 Å². The monoisotopic (exact) mass is 458 g/mol. The molecule has 3 fully saturated rings. The Bertz CT molecular complexity index is 1010. The van der Waals surface area contributed by atoms with E-state index in [1.807, 2.05) is 29.2 Å². The summed E-state index contributed by atoms with van der Waals surface area (Å²) in [7, 11) is 2.26. The smallest absolute Gasteiger partial charge is 0.317 e. The SMILES string of the molecule is C=Nc1ccc(N2C[C@]3(CC[C@](c4ccccc4)(N(C)CC)CC3)N(CC3CCC3)C2=O)cc1. The molecule has 5 nitrogen and oxygen atoms in total. The summed E-state index contributed by atoms with van der Waals surface area (Å²) in [5.41, 5.74) is 3.17. The van der Waals surface area contributed by atoms with Crippen LogP contribution in [-0.2, 0) is 5.54 Å². The van der Waals surface area contributed by atoms with E-state index in [4.69, 9.17) is 0 Å². The van der Waals surface area contributed by atoms with Crippen LogP contribution in [0.3, 0.4) is 0 Å². The lowest BCUT2D eigenvalue weighted by atomic mass is 9.68. The van der Waals surface area contributed by atoms with E-state index < -0.39 is 0 Å². The fraction of sp³-hybridized carbons (Fsp3) is 0.517. The molecule has 2 amide bonds. The molecular formula is C29H38N4O. The third kappa shape index (κ3) is 3.84. The van der Waals surface area contributed by atoms with Crippen molar-refractivity contribution < 1.29 is 4.79 Å². The number of hydrogen-bond donors (Lipinski definition) is 0. The van der Waals surface area contributed by atoms with E-state index in [1.165, 1.54) is 24.8 Å². The van der Waals surface area contributed by atoms with Crippen LogP contribution in [0.5, 0.6) is 0 Å². The Kier molecular flexibility index (Phi) is 6.24. The van der Waals surface area contributed by atoms with Gasteiger partial charge in [-0.05, 0) is 94.6 Å². The molecule has 1 heterocycles. The molecule has 180 valence electrons. The number of anilines is 1. The summed E-state index contributed by atoms with van der Waals surface area (Å²) in [6.07, 6.45) is 8.03. The predicted molar refractivity (Wildman–Crippen MR) is 140 cm³/mol. The third-order valence-electron chi connectivity index (χ3n) is 9.02. The van der Waals surface area contributed by atoms with Gasteiger partial charge in [0.2, 0.25) is 0 Å². The normalized spacial score (nSPS) is 27.4. The van der Waals surface area contributed by atoms with Gasteiger partial charge in [0.15, 0.2) is 0 Å². The van der Waals surface area contributed by atoms with Crippen molar-refractivity contribution in [3.05, 3.63) is 60.2 Å². The maximum absolute atomic E-state index is 13.8. The van der Waals surface area contributed by atoms with Gasteiger partial charge >= 0.3 is 6.03 Å². The topological polar surface area (TPSA) is 39.1 Å². The number of carbonyl (C=O) groups is 1. The zero-order chi connectivity index (χ0) is 23.8. The van der Waals surface area contributed by atoms with Crippen molar-refractivity contribution in [1.82, 2.24) is 9.80 Å². The molecule has 0 aromatic heterocycles. The number of carbonyl (C=O) groups excluding carboxylic acids is 1. The van der Waals surface area contributed by atoms with Crippen molar-refractivity contribution in [3.8, 4) is 0 Å². The van der Waals surface area contributed by atoms with E-state index in [-0.39, 0.29) is 17.1 Å². The molecule has 2 saturated carbocycles. The van der Waals surface area contributed by atoms with Crippen molar-refractivity contribution in [2.45, 2.75) is 62.9 Å². The standard InChI is InChI=1S/C29H38N4O/c1-4-31(3)29(24-11-6-5-7-12-24)19-17-28(18-20-29)22-32(26-15-13-25(30-2)14-16-26)27(34)33(28)21-23-9-8-10-23/h5-7,11-16,23H,2,4,8-10,17-22H2,1,3H3/t28-,29+. The van der Waals surface area contributed by atoms with Gasteiger partial charge in [0.1, 0.15) is 0 Å². The first-order valence-electron chi connectivity index (χ1n) is 12.9. The van der Waals surface area contributed by atoms with Crippen molar-refractivity contribution in [2.24, 2.45) is 10.9 Å². The third-order valence-corrected chi connectivity index (χ3v) is 9.02. The number of amides is 2. The lowest BCUT2D eigenvalue weighted by molar-refractivity contribution is 0.00833. The number of benzene rings is 2. The largest absolute Gasteiger partial charge is 0.325 e. The van der Waals surface area contributed by atoms with Gasteiger partial charge in [-0.15, -0.1) is 0 Å². The zero-order valence-corrected chi connectivity index (χ0v) is 20.7. The molecule has 1 spiro atoms. The molecule has 2 aromatic carbocycles. The van der Waals surface area contributed by atoms with Crippen molar-refractivity contribution >= 4 is 24.1 Å². The van der Waals surface area contributed by atoms with Gasteiger partial charge in [0.05, 0.1) is 17.8 Å². The van der Waals surface area contributed by atoms with Crippen LogP contribution in [0, 0.1) is 5.92 Å². The average Bonchev–Trinajstić information content (AvgIpc) is 3.13. The Morgan fingerprint density at radius 1 is 1.03 bits per heavy atom. The zero-order valence-electron chi connectivity index (χ0n) is 20.7. The molecule has 1 aliphatic heterocycles. The maximum Gasteiger partial charge on any atom is 0.325 e. The molecular weight excluding hydrogens is 420 g/mol. The Morgan fingerprint density at radius 3 is 2.26 bits per heavy atom.